The molecular weight excluding hydrogens is 654 g/mol. The Morgan fingerprint density at radius 3 is 2.35 bits per heavy atom. The number of aromatic nitrogens is 3. The number of rotatable bonds is 11. The number of Topliss-reactive ketones (excluding diaryl/α,β-unsaturated/α-hetero) is 1. The maximum Gasteiger partial charge on any atom is 0.309 e. The second kappa shape index (κ2) is 15.3. The number of aliphatic imine (C=N–C) groups is 1. The summed E-state index contributed by atoms with van der Waals surface area (Å²) in [6.45, 7) is -0.0580. The van der Waals surface area contributed by atoms with E-state index in [0.717, 1.165) is 49.3 Å². The highest BCUT2D eigenvalue weighted by molar-refractivity contribution is 6.41. The van der Waals surface area contributed by atoms with Gasteiger partial charge in [-0.2, -0.15) is 0 Å². The lowest BCUT2D eigenvalue weighted by molar-refractivity contribution is -0.144. The molecule has 1 aliphatic heterocycles. The Labute approximate surface area is 294 Å². The number of primary amides is 1. The van der Waals surface area contributed by atoms with Gasteiger partial charge in [0.1, 0.15) is 17.3 Å². The highest BCUT2D eigenvalue weighted by Crippen LogP contribution is 2.34. The monoisotopic (exact) mass is 697 g/mol. The lowest BCUT2D eigenvalue weighted by Crippen LogP contribution is -2.62. The van der Waals surface area contributed by atoms with Crippen LogP contribution in [0.3, 0.4) is 0 Å². The van der Waals surface area contributed by atoms with Crippen molar-refractivity contribution < 1.29 is 33.9 Å². The Morgan fingerprint density at radius 1 is 0.941 bits per heavy atom. The molecule has 4 amide bonds. The molecule has 3 aliphatic rings. The third-order valence-electron chi connectivity index (χ3n) is 10.6. The fraction of sp³-hybridized carbons (Fsp3) is 0.486. The molecular formula is C37H43N7O7. The molecule has 0 spiro atoms. The molecule has 51 heavy (non-hydrogen) atoms. The van der Waals surface area contributed by atoms with Gasteiger partial charge >= 0.3 is 5.97 Å². The van der Waals surface area contributed by atoms with Gasteiger partial charge in [-0.1, -0.05) is 86.9 Å². The molecule has 0 bridgehead atoms. The van der Waals surface area contributed by atoms with Crippen LogP contribution < -0.4 is 11.1 Å². The van der Waals surface area contributed by atoms with Crippen LogP contribution in [0, 0.1) is 5.92 Å². The van der Waals surface area contributed by atoms with Crippen molar-refractivity contribution in [3.05, 3.63) is 59.9 Å². The number of nitrogens with two attached hydrogens (primary N) is 1. The normalized spacial score (nSPS) is 20.9. The Kier molecular flexibility index (Phi) is 10.7. The summed E-state index contributed by atoms with van der Waals surface area (Å²) < 4.78 is 1.41. The minimum Gasteiger partial charge on any atom is -0.481 e. The molecule has 3 aromatic rings. The molecule has 2 aromatic carbocycles. The van der Waals surface area contributed by atoms with E-state index in [9.17, 15) is 33.9 Å². The summed E-state index contributed by atoms with van der Waals surface area (Å²) in [6, 6.07) is 11.0. The van der Waals surface area contributed by atoms with Gasteiger partial charge in [0.2, 0.25) is 11.7 Å². The maximum atomic E-state index is 14.7. The SMILES string of the molecule is NC(=O)C(=O)C1(NC(=O)[C@@H]2C[C@H](n3nncc3CC(=O)O)CN2C(=O)C(CC2CCCCC2)=NC(=O)c2ccc3ccccc3c2)CCCCC1. The molecule has 2 heterocycles. The summed E-state index contributed by atoms with van der Waals surface area (Å²) in [5, 5.41) is 22.1. The smallest absolute Gasteiger partial charge is 0.309 e. The number of hydrogen-bond acceptors (Lipinski definition) is 8. The van der Waals surface area contributed by atoms with Gasteiger partial charge < -0.3 is 21.1 Å². The van der Waals surface area contributed by atoms with Gasteiger partial charge in [-0.25, -0.2) is 9.67 Å². The first-order chi connectivity index (χ1) is 24.5. The van der Waals surface area contributed by atoms with Crippen molar-refractivity contribution in [2.24, 2.45) is 16.6 Å². The molecule has 0 unspecified atom stereocenters. The zero-order chi connectivity index (χ0) is 36.1. The van der Waals surface area contributed by atoms with E-state index in [2.05, 4.69) is 20.6 Å². The predicted octanol–water partition coefficient (Wildman–Crippen LogP) is 3.33. The van der Waals surface area contributed by atoms with Gasteiger partial charge in [0.05, 0.1) is 24.4 Å². The van der Waals surface area contributed by atoms with Gasteiger partial charge in [0.15, 0.2) is 0 Å². The number of ketones is 1. The summed E-state index contributed by atoms with van der Waals surface area (Å²) >= 11 is 0. The van der Waals surface area contributed by atoms with Crippen molar-refractivity contribution in [3.63, 3.8) is 0 Å². The number of carboxylic acids is 1. The van der Waals surface area contributed by atoms with E-state index in [4.69, 9.17) is 5.73 Å². The van der Waals surface area contributed by atoms with Crippen LogP contribution in [0.4, 0.5) is 0 Å². The molecule has 1 saturated heterocycles. The molecule has 0 radical (unpaired) electrons. The second-order valence-corrected chi connectivity index (χ2v) is 14.1. The molecule has 6 rings (SSSR count). The van der Waals surface area contributed by atoms with Crippen LogP contribution in [0.2, 0.25) is 0 Å². The molecule has 4 N–H and O–H groups in total. The molecule has 2 saturated carbocycles. The molecule has 268 valence electrons. The predicted molar refractivity (Wildman–Crippen MR) is 186 cm³/mol. The Bertz CT molecular complexity index is 1870. The summed E-state index contributed by atoms with van der Waals surface area (Å²) in [5.74, 6) is -4.85. The lowest BCUT2D eigenvalue weighted by atomic mass is 9.78. The number of carbonyl (C=O) groups excluding carboxylic acids is 5. The first-order valence-electron chi connectivity index (χ1n) is 17.7. The fourth-order valence-corrected chi connectivity index (χ4v) is 7.96. The Hall–Kier alpha value is -5.27. The average Bonchev–Trinajstić information content (AvgIpc) is 3.78. The fourth-order valence-electron chi connectivity index (χ4n) is 7.96. The molecule has 2 atom stereocenters. The number of amides is 4. The minimum absolute atomic E-state index is 0.0176. The van der Waals surface area contributed by atoms with E-state index in [-0.39, 0.29) is 56.0 Å². The van der Waals surface area contributed by atoms with Crippen molar-refractivity contribution in [3.8, 4) is 0 Å². The van der Waals surface area contributed by atoms with E-state index >= 15 is 0 Å². The van der Waals surface area contributed by atoms with Gasteiger partial charge in [0, 0.05) is 18.5 Å². The molecule has 1 aromatic heterocycles. The summed E-state index contributed by atoms with van der Waals surface area (Å²) in [4.78, 5) is 85.3. The average molecular weight is 698 g/mol. The number of benzene rings is 2. The van der Waals surface area contributed by atoms with E-state index in [0.29, 0.717) is 18.4 Å². The number of likely N-dealkylation sites (tertiary alicyclic amines) is 1. The van der Waals surface area contributed by atoms with Crippen LogP contribution in [-0.4, -0.2) is 84.2 Å². The molecule has 2 aliphatic carbocycles. The van der Waals surface area contributed by atoms with Crippen LogP contribution in [0.25, 0.3) is 10.8 Å². The number of hydrogen-bond donors (Lipinski definition) is 3. The topological polar surface area (TPSA) is 207 Å². The highest BCUT2D eigenvalue weighted by Gasteiger charge is 2.48. The highest BCUT2D eigenvalue weighted by atomic mass is 16.4. The zero-order valence-electron chi connectivity index (χ0n) is 28.5. The maximum absolute atomic E-state index is 14.7. The van der Waals surface area contributed by atoms with E-state index in [1.54, 1.807) is 12.1 Å². The minimum atomic E-state index is -1.50. The summed E-state index contributed by atoms with van der Waals surface area (Å²) in [7, 11) is 0. The van der Waals surface area contributed by atoms with E-state index in [1.165, 1.54) is 15.8 Å². The Balaban J connectivity index is 1.36. The number of nitrogens with zero attached hydrogens (tertiary/aromatic N) is 5. The quantitative estimate of drug-likeness (QED) is 0.198. The Morgan fingerprint density at radius 2 is 1.65 bits per heavy atom. The van der Waals surface area contributed by atoms with Crippen LogP contribution in [0.15, 0.2) is 53.7 Å². The van der Waals surface area contributed by atoms with Crippen LogP contribution >= 0.6 is 0 Å². The van der Waals surface area contributed by atoms with Crippen LogP contribution in [-0.2, 0) is 30.4 Å². The first-order valence-corrected chi connectivity index (χ1v) is 17.7. The van der Waals surface area contributed by atoms with Crippen LogP contribution in [0.5, 0.6) is 0 Å². The molecule has 14 nitrogen and oxygen atoms in total. The second-order valence-electron chi connectivity index (χ2n) is 14.1. The van der Waals surface area contributed by atoms with Crippen molar-refractivity contribution in [1.82, 2.24) is 25.2 Å². The summed E-state index contributed by atoms with van der Waals surface area (Å²) in [6.07, 6.45) is 8.52. The number of carbonyl (C=O) groups is 6. The van der Waals surface area contributed by atoms with E-state index < -0.39 is 53.0 Å². The standard InChI is InChI=1S/C37H43N7O7/c38-33(48)32(47)37(15-7-2-8-16-37)41-35(50)30-19-28(44-27(20-31(45)46)21-39-42-44)22-43(30)36(51)29(17-23-9-3-1-4-10-23)40-34(49)26-14-13-24-11-5-6-12-25(24)18-26/h5-6,11-14,18,21,23,28,30H,1-4,7-10,15-17,19-20,22H2,(H2,38,48)(H,41,50)(H,45,46)/t28-,30-/m0/s1. The third-order valence-corrected chi connectivity index (χ3v) is 10.6. The van der Waals surface area contributed by atoms with Crippen molar-refractivity contribution in [1.29, 1.82) is 0 Å². The van der Waals surface area contributed by atoms with Gasteiger partial charge in [-0.3, -0.25) is 28.8 Å². The number of fused-ring (bicyclic) bond motifs is 1. The first kappa shape index (κ1) is 35.6. The van der Waals surface area contributed by atoms with Crippen molar-refractivity contribution >= 4 is 51.9 Å². The van der Waals surface area contributed by atoms with Crippen molar-refractivity contribution in [2.75, 3.05) is 6.54 Å². The largest absolute Gasteiger partial charge is 0.481 e. The van der Waals surface area contributed by atoms with Gasteiger partial charge in [-0.15, -0.1) is 5.10 Å². The van der Waals surface area contributed by atoms with Gasteiger partial charge in [0.25, 0.3) is 17.7 Å². The molecule has 14 heteroatoms. The molecule has 3 fully saturated rings. The number of aliphatic carboxylic acids is 1. The zero-order valence-corrected chi connectivity index (χ0v) is 28.5. The van der Waals surface area contributed by atoms with E-state index in [1.807, 2.05) is 30.3 Å². The third kappa shape index (κ3) is 7.89. The lowest BCUT2D eigenvalue weighted by Gasteiger charge is -2.37. The number of carboxylic acid groups (broad SMARTS) is 1. The summed E-state index contributed by atoms with van der Waals surface area (Å²) in [5.41, 5.74) is 4.57. The van der Waals surface area contributed by atoms with Crippen LogP contribution in [0.1, 0.15) is 99.1 Å². The number of nitrogens with one attached hydrogen (secondary N) is 1. The van der Waals surface area contributed by atoms with Crippen molar-refractivity contribution in [2.45, 2.75) is 101 Å². The van der Waals surface area contributed by atoms with Gasteiger partial charge in [-0.05, 0) is 48.1 Å².